The Bertz CT molecular complexity index is 448. The van der Waals surface area contributed by atoms with E-state index in [0.717, 1.165) is 28.4 Å². The number of nitrogens with two attached hydrogens (primary N) is 1. The molecule has 3 nitrogen and oxygen atoms in total. The number of unbranched alkanes of at least 4 members (excludes halogenated alkanes) is 1. The monoisotopic (exact) mass is 308 g/mol. The summed E-state index contributed by atoms with van der Waals surface area (Å²) >= 11 is 1.70. The van der Waals surface area contributed by atoms with E-state index >= 15 is 0 Å². The summed E-state index contributed by atoms with van der Waals surface area (Å²) in [6.07, 6.45) is 4.79. The molecule has 0 saturated heterocycles. The molecule has 0 spiro atoms. The van der Waals surface area contributed by atoms with Crippen LogP contribution >= 0.6 is 11.8 Å². The second kappa shape index (κ2) is 9.72. The Labute approximate surface area is 133 Å². The highest BCUT2D eigenvalue weighted by atomic mass is 32.2. The van der Waals surface area contributed by atoms with Crippen LogP contribution in [0.25, 0.3) is 0 Å². The van der Waals surface area contributed by atoms with E-state index in [1.165, 1.54) is 19.3 Å². The topological polar surface area (TPSA) is 59.1 Å². The van der Waals surface area contributed by atoms with E-state index in [2.05, 4.69) is 20.8 Å². The van der Waals surface area contributed by atoms with Crippen LogP contribution in [0.15, 0.2) is 23.1 Å². The lowest BCUT2D eigenvalue weighted by atomic mass is 10.0. The Hall–Kier alpha value is -1.16. The molecule has 0 aliphatic carbocycles. The second-order valence-electron chi connectivity index (χ2n) is 5.20. The van der Waals surface area contributed by atoms with E-state index in [-0.39, 0.29) is 5.84 Å². The molecule has 0 aliphatic heterocycles. The molecule has 1 aromatic carbocycles. The van der Waals surface area contributed by atoms with Gasteiger partial charge in [-0.3, -0.25) is 5.41 Å². The van der Waals surface area contributed by atoms with E-state index in [1.54, 1.807) is 11.8 Å². The molecule has 118 valence electrons. The predicted molar refractivity (Wildman–Crippen MR) is 92.7 cm³/mol. The quantitative estimate of drug-likeness (QED) is 0.375. The van der Waals surface area contributed by atoms with Crippen LogP contribution in [0.2, 0.25) is 0 Å². The lowest BCUT2D eigenvalue weighted by Gasteiger charge is -2.18. The van der Waals surface area contributed by atoms with E-state index in [4.69, 9.17) is 15.9 Å². The zero-order valence-electron chi connectivity index (χ0n) is 13.4. The smallest absolute Gasteiger partial charge is 0.131 e. The number of nitrogen functional groups attached to an aromatic ring is 1. The normalized spacial score (nSPS) is 12.1. The van der Waals surface area contributed by atoms with Gasteiger partial charge >= 0.3 is 0 Å². The van der Waals surface area contributed by atoms with Crippen LogP contribution in [0, 0.1) is 11.3 Å². The minimum absolute atomic E-state index is 0.0863. The van der Waals surface area contributed by atoms with Gasteiger partial charge in [-0.1, -0.05) is 46.1 Å². The molecule has 4 heteroatoms. The van der Waals surface area contributed by atoms with Crippen molar-refractivity contribution in [2.45, 2.75) is 51.3 Å². The Kier molecular flexibility index (Phi) is 8.28. The highest BCUT2D eigenvalue weighted by molar-refractivity contribution is 7.99. The highest BCUT2D eigenvalue weighted by Crippen LogP contribution is 2.30. The lowest BCUT2D eigenvalue weighted by molar-refractivity contribution is 0.232. The zero-order valence-corrected chi connectivity index (χ0v) is 14.3. The predicted octanol–water partition coefficient (Wildman–Crippen LogP) is 4.68. The summed E-state index contributed by atoms with van der Waals surface area (Å²) in [5, 5.41) is 7.82. The lowest BCUT2D eigenvalue weighted by Crippen LogP contribution is -2.17. The van der Waals surface area contributed by atoms with Crippen molar-refractivity contribution < 1.29 is 4.74 Å². The molecule has 1 rings (SSSR count). The first-order valence-corrected chi connectivity index (χ1v) is 8.85. The molecule has 21 heavy (non-hydrogen) atoms. The SMILES string of the molecule is CCCCC(CC)COc1cccc(SCC)c1C(=N)N. The van der Waals surface area contributed by atoms with Crippen LogP contribution in [0.4, 0.5) is 0 Å². The molecule has 0 saturated carbocycles. The van der Waals surface area contributed by atoms with E-state index in [9.17, 15) is 0 Å². The van der Waals surface area contributed by atoms with E-state index in [0.29, 0.717) is 12.5 Å². The van der Waals surface area contributed by atoms with Crippen LogP contribution in [-0.2, 0) is 0 Å². The van der Waals surface area contributed by atoms with Crippen molar-refractivity contribution in [2.24, 2.45) is 11.7 Å². The molecule has 3 N–H and O–H groups in total. The molecule has 0 aliphatic rings. The van der Waals surface area contributed by atoms with Gasteiger partial charge in [0.2, 0.25) is 0 Å². The third-order valence-electron chi connectivity index (χ3n) is 3.57. The molecule has 0 aromatic heterocycles. The van der Waals surface area contributed by atoms with Gasteiger partial charge in [-0.05, 0) is 30.2 Å². The van der Waals surface area contributed by atoms with Crippen molar-refractivity contribution in [1.82, 2.24) is 0 Å². The number of amidine groups is 1. The number of nitrogens with one attached hydrogen (secondary N) is 1. The molecule has 0 amide bonds. The molecule has 1 unspecified atom stereocenters. The number of ether oxygens (including phenoxy) is 1. The van der Waals surface area contributed by atoms with E-state index < -0.39 is 0 Å². The molecule has 0 fully saturated rings. The number of hydrogen-bond acceptors (Lipinski definition) is 3. The van der Waals surface area contributed by atoms with Crippen molar-refractivity contribution in [3.63, 3.8) is 0 Å². The third-order valence-corrected chi connectivity index (χ3v) is 4.51. The summed E-state index contributed by atoms with van der Waals surface area (Å²) in [4.78, 5) is 1.03. The summed E-state index contributed by atoms with van der Waals surface area (Å²) in [6, 6.07) is 5.90. The number of hydrogen-bond donors (Lipinski definition) is 2. The van der Waals surface area contributed by atoms with Crippen LogP contribution in [0.1, 0.15) is 52.0 Å². The summed E-state index contributed by atoms with van der Waals surface area (Å²) < 4.78 is 6.00. The maximum atomic E-state index is 7.82. The van der Waals surface area contributed by atoms with Gasteiger partial charge in [-0.15, -0.1) is 11.8 Å². The van der Waals surface area contributed by atoms with Gasteiger partial charge in [-0.2, -0.15) is 0 Å². The van der Waals surface area contributed by atoms with Crippen molar-refractivity contribution in [2.75, 3.05) is 12.4 Å². The van der Waals surface area contributed by atoms with Crippen LogP contribution in [0.3, 0.4) is 0 Å². The van der Waals surface area contributed by atoms with Gasteiger partial charge < -0.3 is 10.5 Å². The van der Waals surface area contributed by atoms with Gasteiger partial charge in [0.25, 0.3) is 0 Å². The third kappa shape index (κ3) is 5.62. The maximum Gasteiger partial charge on any atom is 0.131 e. The first-order chi connectivity index (χ1) is 10.1. The molecule has 0 heterocycles. The average molecular weight is 308 g/mol. The molecular weight excluding hydrogens is 280 g/mol. The Morgan fingerprint density at radius 1 is 1.33 bits per heavy atom. The molecule has 1 atom stereocenters. The van der Waals surface area contributed by atoms with Crippen LogP contribution < -0.4 is 10.5 Å². The van der Waals surface area contributed by atoms with Crippen molar-refractivity contribution in [3.05, 3.63) is 23.8 Å². The molecule has 0 bridgehead atoms. The molecular formula is C17H28N2OS. The summed E-state index contributed by atoms with van der Waals surface area (Å²) in [5.41, 5.74) is 6.50. The number of rotatable bonds is 10. The fourth-order valence-electron chi connectivity index (χ4n) is 2.28. The van der Waals surface area contributed by atoms with Crippen LogP contribution in [0.5, 0.6) is 5.75 Å². The van der Waals surface area contributed by atoms with Gasteiger partial charge in [-0.25, -0.2) is 0 Å². The second-order valence-corrected chi connectivity index (χ2v) is 6.51. The first kappa shape index (κ1) is 17.9. The molecule has 1 aromatic rings. The Morgan fingerprint density at radius 2 is 2.10 bits per heavy atom. The summed E-state index contributed by atoms with van der Waals surface area (Å²) in [7, 11) is 0. The summed E-state index contributed by atoms with van der Waals surface area (Å²) in [6.45, 7) is 7.23. The van der Waals surface area contributed by atoms with Crippen molar-refractivity contribution in [1.29, 1.82) is 5.41 Å². The van der Waals surface area contributed by atoms with Gasteiger partial charge in [0, 0.05) is 4.90 Å². The maximum absolute atomic E-state index is 7.82. The highest BCUT2D eigenvalue weighted by Gasteiger charge is 2.14. The largest absolute Gasteiger partial charge is 0.492 e. The van der Waals surface area contributed by atoms with Crippen molar-refractivity contribution >= 4 is 17.6 Å². The fraction of sp³-hybridized carbons (Fsp3) is 0.588. The fourth-order valence-corrected chi connectivity index (χ4v) is 3.12. The van der Waals surface area contributed by atoms with Crippen molar-refractivity contribution in [3.8, 4) is 5.75 Å². The Morgan fingerprint density at radius 3 is 2.67 bits per heavy atom. The van der Waals surface area contributed by atoms with Gasteiger partial charge in [0.15, 0.2) is 0 Å². The van der Waals surface area contributed by atoms with Gasteiger partial charge in [0.1, 0.15) is 11.6 Å². The van der Waals surface area contributed by atoms with Crippen LogP contribution in [-0.4, -0.2) is 18.2 Å². The van der Waals surface area contributed by atoms with E-state index in [1.807, 2.05) is 18.2 Å². The Balaban J connectivity index is 2.82. The standard InChI is InChI=1S/C17H28N2OS/c1-4-7-9-13(5-2)12-20-14-10-8-11-15(21-6-3)16(14)17(18)19/h8,10-11,13H,4-7,9,12H2,1-3H3,(H3,18,19). The average Bonchev–Trinajstić information content (AvgIpc) is 2.47. The first-order valence-electron chi connectivity index (χ1n) is 7.86. The zero-order chi connectivity index (χ0) is 15.7. The number of thioether (sulfide) groups is 1. The summed E-state index contributed by atoms with van der Waals surface area (Å²) in [5.74, 6) is 2.36. The van der Waals surface area contributed by atoms with Gasteiger partial charge in [0.05, 0.1) is 12.2 Å². The number of benzene rings is 1. The molecule has 0 radical (unpaired) electrons. The minimum Gasteiger partial charge on any atom is -0.492 e. The minimum atomic E-state index is 0.0863.